The molecule has 0 spiro atoms. The molecule has 134 valence electrons. The predicted molar refractivity (Wildman–Crippen MR) is 88.4 cm³/mol. The molecule has 2 heterocycles. The summed E-state index contributed by atoms with van der Waals surface area (Å²) in [6.07, 6.45) is 1.94. The summed E-state index contributed by atoms with van der Waals surface area (Å²) in [6.45, 7) is 7.06. The molecule has 1 aromatic rings. The first-order valence-electron chi connectivity index (χ1n) is 8.77. The zero-order chi connectivity index (χ0) is 17.3. The minimum absolute atomic E-state index is 0.0329. The number of aromatic nitrogens is 1. The number of alkyl halides is 1. The summed E-state index contributed by atoms with van der Waals surface area (Å²) in [5, 5.41) is 5.84. The summed E-state index contributed by atoms with van der Waals surface area (Å²) in [4.78, 5) is 18.3. The van der Waals surface area contributed by atoms with Crippen LogP contribution in [0.25, 0.3) is 0 Å². The van der Waals surface area contributed by atoms with Crippen LogP contribution in [0.3, 0.4) is 0 Å². The Labute approximate surface area is 142 Å². The number of oxazole rings is 1. The van der Waals surface area contributed by atoms with Gasteiger partial charge in [-0.15, -0.1) is 0 Å². The Kier molecular flexibility index (Phi) is 5.08. The molecule has 2 aliphatic rings. The van der Waals surface area contributed by atoms with Gasteiger partial charge in [-0.25, -0.2) is 14.2 Å². The van der Waals surface area contributed by atoms with E-state index in [9.17, 15) is 9.18 Å². The van der Waals surface area contributed by atoms with E-state index in [2.05, 4.69) is 15.6 Å². The molecule has 1 aromatic heterocycles. The van der Waals surface area contributed by atoms with Crippen LogP contribution >= 0.6 is 0 Å². The summed E-state index contributed by atoms with van der Waals surface area (Å²) in [5.74, 6) is 2.02. The van der Waals surface area contributed by atoms with Crippen LogP contribution in [-0.2, 0) is 6.54 Å². The van der Waals surface area contributed by atoms with Crippen LogP contribution in [0.15, 0.2) is 4.42 Å². The monoisotopic (exact) mass is 338 g/mol. The second-order valence-electron chi connectivity index (χ2n) is 7.15. The summed E-state index contributed by atoms with van der Waals surface area (Å²) >= 11 is 0. The number of rotatable bonds is 6. The Morgan fingerprint density at radius 3 is 2.83 bits per heavy atom. The van der Waals surface area contributed by atoms with E-state index in [0.717, 1.165) is 11.5 Å². The van der Waals surface area contributed by atoms with Crippen LogP contribution in [0.5, 0.6) is 0 Å². The molecule has 0 radical (unpaired) electrons. The van der Waals surface area contributed by atoms with Gasteiger partial charge in [0, 0.05) is 25.2 Å². The maximum absolute atomic E-state index is 13.8. The van der Waals surface area contributed by atoms with Crippen LogP contribution < -0.4 is 10.6 Å². The Morgan fingerprint density at radius 1 is 1.46 bits per heavy atom. The van der Waals surface area contributed by atoms with Crippen molar-refractivity contribution in [3.63, 3.8) is 0 Å². The Balaban J connectivity index is 1.50. The van der Waals surface area contributed by atoms with Gasteiger partial charge in [0.2, 0.25) is 5.89 Å². The number of urea groups is 1. The number of hydrogen-bond acceptors (Lipinski definition) is 4. The maximum Gasteiger partial charge on any atom is 0.315 e. The van der Waals surface area contributed by atoms with Crippen molar-refractivity contribution in [3.05, 3.63) is 17.3 Å². The third-order valence-corrected chi connectivity index (χ3v) is 5.07. The zero-order valence-corrected chi connectivity index (χ0v) is 14.6. The van der Waals surface area contributed by atoms with Gasteiger partial charge in [0.05, 0.1) is 12.2 Å². The number of hydrogen-bond donors (Lipinski definition) is 2. The molecule has 1 aliphatic carbocycles. The minimum atomic E-state index is -0.873. The number of halogens is 1. The fourth-order valence-electron chi connectivity index (χ4n) is 3.29. The summed E-state index contributed by atoms with van der Waals surface area (Å²) in [6, 6.07) is 0.00541. The van der Waals surface area contributed by atoms with Gasteiger partial charge in [-0.3, -0.25) is 4.90 Å². The quantitative estimate of drug-likeness (QED) is 0.835. The predicted octanol–water partition coefficient (Wildman–Crippen LogP) is 2.30. The van der Waals surface area contributed by atoms with Crippen molar-refractivity contribution in [1.29, 1.82) is 0 Å². The maximum atomic E-state index is 13.8. The topological polar surface area (TPSA) is 70.4 Å². The molecule has 2 fully saturated rings. The number of carbonyl (C=O) groups is 1. The average Bonchev–Trinajstić information content (AvgIpc) is 3.24. The second-order valence-corrected chi connectivity index (χ2v) is 7.15. The Hall–Kier alpha value is -1.63. The van der Waals surface area contributed by atoms with Crippen LogP contribution in [0.1, 0.15) is 43.5 Å². The van der Waals surface area contributed by atoms with Crippen LogP contribution in [0.2, 0.25) is 0 Å². The fraction of sp³-hybridized carbons (Fsp3) is 0.765. The molecule has 3 atom stereocenters. The fourth-order valence-corrected chi connectivity index (χ4v) is 3.29. The molecule has 1 unspecified atom stereocenters. The van der Waals surface area contributed by atoms with E-state index >= 15 is 0 Å². The van der Waals surface area contributed by atoms with Crippen LogP contribution in [0.4, 0.5) is 9.18 Å². The average molecular weight is 338 g/mol. The van der Waals surface area contributed by atoms with Crippen molar-refractivity contribution in [1.82, 2.24) is 20.5 Å². The van der Waals surface area contributed by atoms with Crippen molar-refractivity contribution in [2.75, 3.05) is 13.1 Å². The van der Waals surface area contributed by atoms with Gasteiger partial charge in [-0.2, -0.15) is 0 Å². The van der Waals surface area contributed by atoms with E-state index in [1.54, 1.807) is 0 Å². The highest BCUT2D eigenvalue weighted by Gasteiger charge is 2.34. The van der Waals surface area contributed by atoms with Crippen molar-refractivity contribution in [2.45, 2.75) is 64.8 Å². The standard InChI is InChI=1S/C17H27FN4O2/c1-10-12(3)24-16(20-10)9-22-8-14(18)6-15(22)7-19-17(23)21-11(2)13-4-5-13/h11,13-15H,4-9H2,1-3H3,(H2,19,21,23)/t11?,14-,15-/m0/s1. The van der Waals surface area contributed by atoms with Gasteiger partial charge in [0.15, 0.2) is 0 Å². The van der Waals surface area contributed by atoms with Crippen molar-refractivity contribution in [3.8, 4) is 0 Å². The second kappa shape index (κ2) is 7.09. The highest BCUT2D eigenvalue weighted by atomic mass is 19.1. The summed E-state index contributed by atoms with van der Waals surface area (Å²) < 4.78 is 19.4. The first-order valence-corrected chi connectivity index (χ1v) is 8.77. The Bertz CT molecular complexity index is 568. The van der Waals surface area contributed by atoms with Crippen LogP contribution in [0, 0.1) is 19.8 Å². The lowest BCUT2D eigenvalue weighted by molar-refractivity contribution is 0.203. The van der Waals surface area contributed by atoms with E-state index < -0.39 is 6.17 Å². The minimum Gasteiger partial charge on any atom is -0.444 e. The molecule has 6 nitrogen and oxygen atoms in total. The van der Waals surface area contributed by atoms with E-state index in [1.807, 2.05) is 25.7 Å². The Morgan fingerprint density at radius 2 is 2.21 bits per heavy atom. The van der Waals surface area contributed by atoms with Gasteiger partial charge < -0.3 is 15.1 Å². The molecular formula is C17H27FN4O2. The lowest BCUT2D eigenvalue weighted by Gasteiger charge is -2.23. The van der Waals surface area contributed by atoms with Crippen molar-refractivity contribution >= 4 is 6.03 Å². The third kappa shape index (κ3) is 4.26. The third-order valence-electron chi connectivity index (χ3n) is 5.07. The number of likely N-dealkylation sites (tertiary alicyclic amines) is 1. The van der Waals surface area contributed by atoms with Crippen molar-refractivity contribution < 1.29 is 13.6 Å². The van der Waals surface area contributed by atoms with Gasteiger partial charge in [-0.1, -0.05) is 0 Å². The highest BCUT2D eigenvalue weighted by Crippen LogP contribution is 2.32. The van der Waals surface area contributed by atoms with Gasteiger partial charge in [0.25, 0.3) is 0 Å². The zero-order valence-electron chi connectivity index (χ0n) is 14.6. The molecule has 1 aliphatic heterocycles. The number of nitrogens with one attached hydrogen (secondary N) is 2. The van der Waals surface area contributed by atoms with E-state index in [-0.39, 0.29) is 18.1 Å². The first kappa shape index (κ1) is 17.2. The molecule has 2 amide bonds. The molecule has 24 heavy (non-hydrogen) atoms. The van der Waals surface area contributed by atoms with E-state index in [0.29, 0.717) is 37.9 Å². The van der Waals surface area contributed by atoms with Crippen molar-refractivity contribution in [2.24, 2.45) is 5.92 Å². The van der Waals surface area contributed by atoms with Gasteiger partial charge in [-0.05, 0) is 46.0 Å². The highest BCUT2D eigenvalue weighted by molar-refractivity contribution is 5.74. The van der Waals surface area contributed by atoms with Gasteiger partial charge >= 0.3 is 6.03 Å². The normalized spacial score (nSPS) is 25.7. The molecule has 7 heteroatoms. The van der Waals surface area contributed by atoms with Crippen LogP contribution in [-0.4, -0.2) is 47.3 Å². The number of carbonyl (C=O) groups excluding carboxylic acids is 1. The molecule has 0 aromatic carbocycles. The number of amides is 2. The SMILES string of the molecule is Cc1nc(CN2C[C@@H](F)C[C@H]2CNC(=O)NC(C)C2CC2)oc1C. The summed E-state index contributed by atoms with van der Waals surface area (Å²) in [5.41, 5.74) is 0.865. The number of nitrogens with zero attached hydrogens (tertiary/aromatic N) is 2. The molecule has 2 N–H and O–H groups in total. The largest absolute Gasteiger partial charge is 0.444 e. The first-order chi connectivity index (χ1) is 11.4. The number of aryl methyl sites for hydroxylation is 2. The molecule has 1 saturated carbocycles. The molecular weight excluding hydrogens is 311 g/mol. The van der Waals surface area contributed by atoms with E-state index in [4.69, 9.17) is 4.42 Å². The lowest BCUT2D eigenvalue weighted by atomic mass is 10.2. The summed E-state index contributed by atoms with van der Waals surface area (Å²) in [7, 11) is 0. The van der Waals surface area contributed by atoms with E-state index in [1.165, 1.54) is 12.8 Å². The molecule has 0 bridgehead atoms. The lowest BCUT2D eigenvalue weighted by Crippen LogP contribution is -2.46. The van der Waals surface area contributed by atoms with Gasteiger partial charge in [0.1, 0.15) is 11.9 Å². The molecule has 3 rings (SSSR count). The molecule has 1 saturated heterocycles. The smallest absolute Gasteiger partial charge is 0.315 e.